The van der Waals surface area contributed by atoms with E-state index in [4.69, 9.17) is 4.74 Å². The number of ketones is 1. The van der Waals surface area contributed by atoms with Crippen molar-refractivity contribution in [1.82, 2.24) is 4.37 Å². The van der Waals surface area contributed by atoms with Crippen molar-refractivity contribution in [2.75, 3.05) is 18.5 Å². The lowest BCUT2D eigenvalue weighted by atomic mass is 10.0. The minimum absolute atomic E-state index is 0.0782. The standard InChI is InChI=1S/C12H18N2O2S/c1-7-11(8(2)15)12(17-14-7)13-6-10-4-5-16-9(10)3/h9-10,13H,4-6H2,1-3H3. The van der Waals surface area contributed by atoms with Crippen molar-refractivity contribution in [3.8, 4) is 0 Å². The fourth-order valence-corrected chi connectivity index (χ4v) is 3.02. The van der Waals surface area contributed by atoms with E-state index in [1.165, 1.54) is 11.5 Å². The number of aromatic nitrogens is 1. The van der Waals surface area contributed by atoms with E-state index in [1.807, 2.05) is 6.92 Å². The van der Waals surface area contributed by atoms with Crippen molar-refractivity contribution in [1.29, 1.82) is 0 Å². The van der Waals surface area contributed by atoms with E-state index in [9.17, 15) is 4.79 Å². The van der Waals surface area contributed by atoms with Crippen molar-refractivity contribution < 1.29 is 9.53 Å². The summed E-state index contributed by atoms with van der Waals surface area (Å²) in [6.07, 6.45) is 1.39. The van der Waals surface area contributed by atoms with Crippen LogP contribution >= 0.6 is 11.5 Å². The van der Waals surface area contributed by atoms with E-state index in [2.05, 4.69) is 16.6 Å². The monoisotopic (exact) mass is 254 g/mol. The second-order valence-electron chi connectivity index (χ2n) is 4.53. The molecule has 2 unspecified atom stereocenters. The zero-order chi connectivity index (χ0) is 12.4. The number of rotatable bonds is 4. The van der Waals surface area contributed by atoms with Crippen LogP contribution in [0.1, 0.15) is 36.3 Å². The molecule has 5 heteroatoms. The maximum absolute atomic E-state index is 11.5. The molecule has 1 aromatic rings. The smallest absolute Gasteiger partial charge is 0.164 e. The Balaban J connectivity index is 2.01. The molecule has 1 aliphatic rings. The summed E-state index contributed by atoms with van der Waals surface area (Å²) < 4.78 is 9.75. The zero-order valence-corrected chi connectivity index (χ0v) is 11.3. The zero-order valence-electron chi connectivity index (χ0n) is 10.4. The molecule has 0 bridgehead atoms. The second kappa shape index (κ2) is 5.14. The Morgan fingerprint density at radius 3 is 3.00 bits per heavy atom. The number of nitrogens with zero attached hydrogens (tertiary/aromatic N) is 1. The Morgan fingerprint density at radius 2 is 2.41 bits per heavy atom. The van der Waals surface area contributed by atoms with Gasteiger partial charge in [0, 0.05) is 19.1 Å². The SMILES string of the molecule is CC(=O)c1c(C)nsc1NCC1CCOC1C. The Morgan fingerprint density at radius 1 is 1.65 bits per heavy atom. The predicted molar refractivity (Wildman–Crippen MR) is 68.9 cm³/mol. The Kier molecular flexibility index (Phi) is 3.79. The lowest BCUT2D eigenvalue weighted by molar-refractivity contribution is 0.101. The summed E-state index contributed by atoms with van der Waals surface area (Å²) in [7, 11) is 0. The van der Waals surface area contributed by atoms with Crippen molar-refractivity contribution >= 4 is 22.3 Å². The van der Waals surface area contributed by atoms with Gasteiger partial charge in [-0.25, -0.2) is 0 Å². The van der Waals surface area contributed by atoms with E-state index >= 15 is 0 Å². The summed E-state index contributed by atoms with van der Waals surface area (Å²) in [5.74, 6) is 0.603. The van der Waals surface area contributed by atoms with Gasteiger partial charge < -0.3 is 10.1 Å². The molecule has 2 heterocycles. The van der Waals surface area contributed by atoms with Gasteiger partial charge in [-0.1, -0.05) is 0 Å². The van der Waals surface area contributed by atoms with Gasteiger partial charge in [0.05, 0.1) is 17.4 Å². The Labute approximate surface area is 106 Å². The number of nitrogens with one attached hydrogen (secondary N) is 1. The first-order chi connectivity index (χ1) is 8.09. The van der Waals surface area contributed by atoms with Crippen LogP contribution in [0.4, 0.5) is 5.00 Å². The highest BCUT2D eigenvalue weighted by Gasteiger charge is 2.24. The molecule has 0 spiro atoms. The number of ether oxygens (including phenoxy) is 1. The van der Waals surface area contributed by atoms with Crippen LogP contribution < -0.4 is 5.32 Å². The number of aryl methyl sites for hydroxylation is 1. The van der Waals surface area contributed by atoms with Gasteiger partial charge in [-0.2, -0.15) is 4.37 Å². The normalized spacial score (nSPS) is 23.9. The second-order valence-corrected chi connectivity index (χ2v) is 5.31. The van der Waals surface area contributed by atoms with E-state index in [1.54, 1.807) is 6.92 Å². The summed E-state index contributed by atoms with van der Waals surface area (Å²) in [4.78, 5) is 11.5. The summed E-state index contributed by atoms with van der Waals surface area (Å²) in [5, 5.41) is 4.24. The largest absolute Gasteiger partial charge is 0.378 e. The topological polar surface area (TPSA) is 51.2 Å². The fraction of sp³-hybridized carbons (Fsp3) is 0.667. The first kappa shape index (κ1) is 12.5. The highest BCUT2D eigenvalue weighted by molar-refractivity contribution is 7.10. The van der Waals surface area contributed by atoms with E-state index < -0.39 is 0 Å². The molecular weight excluding hydrogens is 236 g/mol. The highest BCUT2D eigenvalue weighted by atomic mass is 32.1. The predicted octanol–water partition coefficient (Wildman–Crippen LogP) is 2.49. The number of carbonyl (C=O) groups excluding carboxylic acids is 1. The fourth-order valence-electron chi connectivity index (χ4n) is 2.17. The molecule has 1 fully saturated rings. The minimum Gasteiger partial charge on any atom is -0.378 e. The number of Topliss-reactive ketones (excluding diaryl/α,β-unsaturated/α-hetero) is 1. The molecule has 4 nitrogen and oxygen atoms in total. The van der Waals surface area contributed by atoms with Crippen molar-refractivity contribution in [2.24, 2.45) is 5.92 Å². The van der Waals surface area contributed by atoms with Crippen LogP contribution in [0.25, 0.3) is 0 Å². The van der Waals surface area contributed by atoms with Gasteiger partial charge in [0.2, 0.25) is 0 Å². The number of carbonyl (C=O) groups is 1. The van der Waals surface area contributed by atoms with Gasteiger partial charge in [0.15, 0.2) is 5.78 Å². The van der Waals surface area contributed by atoms with Crippen LogP contribution in [0, 0.1) is 12.8 Å². The lowest BCUT2D eigenvalue weighted by Gasteiger charge is -2.14. The molecule has 1 aliphatic heterocycles. The summed E-state index contributed by atoms with van der Waals surface area (Å²) in [6.45, 7) is 7.25. The highest BCUT2D eigenvalue weighted by Crippen LogP contribution is 2.27. The molecule has 2 rings (SSSR count). The van der Waals surface area contributed by atoms with Gasteiger partial charge >= 0.3 is 0 Å². The number of anilines is 1. The van der Waals surface area contributed by atoms with Crippen LogP contribution in [-0.2, 0) is 4.74 Å². The summed E-state index contributed by atoms with van der Waals surface area (Å²) >= 11 is 1.37. The molecule has 1 N–H and O–H groups in total. The molecule has 1 aromatic heterocycles. The molecule has 0 aliphatic carbocycles. The van der Waals surface area contributed by atoms with Gasteiger partial charge in [0.25, 0.3) is 0 Å². The number of hydrogen-bond acceptors (Lipinski definition) is 5. The molecule has 94 valence electrons. The maximum atomic E-state index is 11.5. The molecule has 0 aromatic carbocycles. The Hall–Kier alpha value is -0.940. The molecule has 0 amide bonds. The molecule has 2 atom stereocenters. The van der Waals surface area contributed by atoms with Gasteiger partial charge in [0.1, 0.15) is 5.00 Å². The van der Waals surface area contributed by atoms with E-state index in [-0.39, 0.29) is 5.78 Å². The first-order valence-corrected chi connectivity index (χ1v) is 6.69. The molecule has 0 radical (unpaired) electrons. The summed E-state index contributed by atoms with van der Waals surface area (Å²) in [5.41, 5.74) is 1.56. The van der Waals surface area contributed by atoms with Crippen LogP contribution in [0.15, 0.2) is 0 Å². The van der Waals surface area contributed by atoms with E-state index in [0.29, 0.717) is 12.0 Å². The Bertz CT molecular complexity index is 417. The first-order valence-electron chi connectivity index (χ1n) is 5.92. The van der Waals surface area contributed by atoms with Crippen LogP contribution in [-0.4, -0.2) is 29.4 Å². The van der Waals surface area contributed by atoms with Crippen LogP contribution in [0.2, 0.25) is 0 Å². The third kappa shape index (κ3) is 2.66. The molecule has 0 saturated carbocycles. The lowest BCUT2D eigenvalue weighted by Crippen LogP contribution is -2.21. The molecular formula is C12H18N2O2S. The average Bonchev–Trinajstić information content (AvgIpc) is 2.82. The minimum atomic E-state index is 0.0782. The number of hydrogen-bond donors (Lipinski definition) is 1. The molecule has 17 heavy (non-hydrogen) atoms. The van der Waals surface area contributed by atoms with Gasteiger partial charge in [-0.15, -0.1) is 0 Å². The van der Waals surface area contributed by atoms with Crippen LogP contribution in [0.5, 0.6) is 0 Å². The third-order valence-corrected chi connectivity index (χ3v) is 4.17. The third-order valence-electron chi connectivity index (χ3n) is 3.27. The van der Waals surface area contributed by atoms with Gasteiger partial charge in [-0.05, 0) is 38.7 Å². The van der Waals surface area contributed by atoms with Crippen LogP contribution in [0.3, 0.4) is 0 Å². The average molecular weight is 254 g/mol. The maximum Gasteiger partial charge on any atom is 0.164 e. The quantitative estimate of drug-likeness (QED) is 0.839. The van der Waals surface area contributed by atoms with Crippen molar-refractivity contribution in [2.45, 2.75) is 33.3 Å². The summed E-state index contributed by atoms with van der Waals surface area (Å²) in [6, 6.07) is 0. The van der Waals surface area contributed by atoms with Crippen molar-refractivity contribution in [3.63, 3.8) is 0 Å². The van der Waals surface area contributed by atoms with Crippen molar-refractivity contribution in [3.05, 3.63) is 11.3 Å². The van der Waals surface area contributed by atoms with E-state index in [0.717, 1.165) is 35.8 Å². The van der Waals surface area contributed by atoms with Gasteiger partial charge in [-0.3, -0.25) is 4.79 Å². The molecule has 1 saturated heterocycles.